The molecule has 0 bridgehead atoms. The van der Waals surface area contributed by atoms with Crippen molar-refractivity contribution in [2.75, 3.05) is 4.90 Å². The number of aryl methyl sites for hydroxylation is 1. The minimum atomic E-state index is -0.0189. The molecule has 3 rings (SSSR count). The maximum Gasteiger partial charge on any atom is 0.322 e. The average Bonchev–Trinajstić information content (AvgIpc) is 2.62. The van der Waals surface area contributed by atoms with Crippen molar-refractivity contribution in [3.05, 3.63) is 59.9 Å². The van der Waals surface area contributed by atoms with Gasteiger partial charge in [0.1, 0.15) is 0 Å². The number of rotatable bonds is 4. The van der Waals surface area contributed by atoms with Crippen molar-refractivity contribution >= 4 is 11.7 Å². The maximum atomic E-state index is 12.9. The molecule has 0 radical (unpaired) electrons. The van der Waals surface area contributed by atoms with Crippen LogP contribution in [0.15, 0.2) is 48.8 Å². The van der Waals surface area contributed by atoms with Gasteiger partial charge in [-0.15, -0.1) is 0 Å². The fourth-order valence-electron chi connectivity index (χ4n) is 3.18. The molecule has 4 nitrogen and oxygen atoms in total. The summed E-state index contributed by atoms with van der Waals surface area (Å²) in [6.45, 7) is 2.58. The number of nitrogens with zero attached hydrogens (tertiary/aromatic N) is 2. The van der Waals surface area contributed by atoms with E-state index in [-0.39, 0.29) is 6.03 Å². The molecule has 2 aromatic rings. The Balaban J connectivity index is 1.77. The molecule has 4 heteroatoms. The maximum absolute atomic E-state index is 12.9. The Bertz CT molecular complexity index is 648. The molecule has 1 aliphatic rings. The van der Waals surface area contributed by atoms with Gasteiger partial charge in [-0.3, -0.25) is 9.88 Å². The smallest absolute Gasteiger partial charge is 0.322 e. The Morgan fingerprint density at radius 1 is 1.17 bits per heavy atom. The van der Waals surface area contributed by atoms with Gasteiger partial charge >= 0.3 is 6.03 Å². The number of carbonyl (C=O) groups excluding carboxylic acids is 1. The lowest BCUT2D eigenvalue weighted by molar-refractivity contribution is 0.238. The van der Waals surface area contributed by atoms with E-state index in [0.29, 0.717) is 12.6 Å². The molecule has 0 aliphatic heterocycles. The molecule has 1 heterocycles. The lowest BCUT2D eigenvalue weighted by atomic mass is 9.96. The summed E-state index contributed by atoms with van der Waals surface area (Å²) in [7, 11) is 0. The van der Waals surface area contributed by atoms with E-state index in [9.17, 15) is 4.79 Å². The van der Waals surface area contributed by atoms with Crippen LogP contribution in [-0.2, 0) is 6.54 Å². The van der Waals surface area contributed by atoms with Crippen LogP contribution in [-0.4, -0.2) is 17.1 Å². The van der Waals surface area contributed by atoms with Crippen molar-refractivity contribution in [3.63, 3.8) is 0 Å². The van der Waals surface area contributed by atoms with E-state index in [0.717, 1.165) is 24.1 Å². The summed E-state index contributed by atoms with van der Waals surface area (Å²) in [6, 6.07) is 12.3. The highest BCUT2D eigenvalue weighted by Crippen LogP contribution is 2.21. The van der Waals surface area contributed by atoms with Crippen molar-refractivity contribution in [2.24, 2.45) is 0 Å². The summed E-state index contributed by atoms with van der Waals surface area (Å²) < 4.78 is 0. The Kier molecular flexibility index (Phi) is 5.47. The monoisotopic (exact) mass is 323 g/mol. The number of aromatic nitrogens is 1. The fraction of sp³-hybridized carbons (Fsp3) is 0.400. The van der Waals surface area contributed by atoms with Crippen molar-refractivity contribution in [3.8, 4) is 0 Å². The van der Waals surface area contributed by atoms with Gasteiger partial charge in [0.25, 0.3) is 0 Å². The van der Waals surface area contributed by atoms with Gasteiger partial charge in [-0.2, -0.15) is 0 Å². The van der Waals surface area contributed by atoms with E-state index < -0.39 is 0 Å². The van der Waals surface area contributed by atoms with E-state index in [1.807, 2.05) is 47.5 Å². The SMILES string of the molecule is Cc1ccc(N(Cc2cccnc2)C(=O)NC2CCCCC2)cc1. The number of anilines is 1. The third-order valence-electron chi connectivity index (χ3n) is 4.59. The Morgan fingerprint density at radius 3 is 2.58 bits per heavy atom. The van der Waals surface area contributed by atoms with Gasteiger partial charge in [-0.25, -0.2) is 4.79 Å². The highest BCUT2D eigenvalue weighted by molar-refractivity contribution is 5.92. The van der Waals surface area contributed by atoms with Crippen LogP contribution in [0.4, 0.5) is 10.5 Å². The predicted molar refractivity (Wildman–Crippen MR) is 97.0 cm³/mol. The minimum Gasteiger partial charge on any atom is -0.335 e. The van der Waals surface area contributed by atoms with E-state index in [2.05, 4.69) is 17.2 Å². The molecule has 24 heavy (non-hydrogen) atoms. The van der Waals surface area contributed by atoms with Crippen LogP contribution in [0.25, 0.3) is 0 Å². The summed E-state index contributed by atoms with van der Waals surface area (Å²) in [4.78, 5) is 18.9. The molecule has 1 N–H and O–H groups in total. The van der Waals surface area contributed by atoms with Crippen LogP contribution in [0.3, 0.4) is 0 Å². The van der Waals surface area contributed by atoms with Gasteiger partial charge in [-0.05, 0) is 43.5 Å². The van der Waals surface area contributed by atoms with E-state index in [4.69, 9.17) is 0 Å². The quantitative estimate of drug-likeness (QED) is 0.904. The number of pyridine rings is 1. The fourth-order valence-corrected chi connectivity index (χ4v) is 3.18. The predicted octanol–water partition coefficient (Wildman–Crippen LogP) is 4.44. The third-order valence-corrected chi connectivity index (χ3v) is 4.59. The summed E-state index contributed by atoms with van der Waals surface area (Å²) in [5, 5.41) is 3.22. The molecule has 1 saturated carbocycles. The molecule has 1 aliphatic carbocycles. The normalized spacial score (nSPS) is 15.0. The van der Waals surface area contributed by atoms with Crippen LogP contribution < -0.4 is 10.2 Å². The second kappa shape index (κ2) is 7.95. The summed E-state index contributed by atoms with van der Waals surface area (Å²) in [5.74, 6) is 0. The highest BCUT2D eigenvalue weighted by atomic mass is 16.2. The molecule has 126 valence electrons. The van der Waals surface area contributed by atoms with Gasteiger partial charge in [0, 0.05) is 24.1 Å². The molecule has 0 unspecified atom stereocenters. The zero-order valence-corrected chi connectivity index (χ0v) is 14.2. The number of hydrogen-bond donors (Lipinski definition) is 1. The van der Waals surface area contributed by atoms with Gasteiger partial charge in [-0.1, -0.05) is 43.0 Å². The number of hydrogen-bond acceptors (Lipinski definition) is 2. The zero-order chi connectivity index (χ0) is 16.8. The van der Waals surface area contributed by atoms with Gasteiger partial charge in [0.05, 0.1) is 6.54 Å². The second-order valence-corrected chi connectivity index (χ2v) is 6.57. The number of nitrogens with one attached hydrogen (secondary N) is 1. The summed E-state index contributed by atoms with van der Waals surface area (Å²) in [6.07, 6.45) is 9.43. The van der Waals surface area contributed by atoms with Gasteiger partial charge in [0.2, 0.25) is 0 Å². The van der Waals surface area contributed by atoms with Gasteiger partial charge < -0.3 is 5.32 Å². The van der Waals surface area contributed by atoms with E-state index >= 15 is 0 Å². The lowest BCUT2D eigenvalue weighted by Crippen LogP contribution is -2.45. The Morgan fingerprint density at radius 2 is 1.92 bits per heavy atom. The molecule has 0 saturated heterocycles. The molecule has 0 spiro atoms. The Labute approximate surface area is 143 Å². The van der Waals surface area contributed by atoms with Crippen molar-refractivity contribution in [2.45, 2.75) is 51.6 Å². The standard InChI is InChI=1S/C20H25N3O/c1-16-9-11-19(12-10-16)23(15-17-6-5-13-21-14-17)20(24)22-18-7-3-2-4-8-18/h5-6,9-14,18H,2-4,7-8,15H2,1H3,(H,22,24). The van der Waals surface area contributed by atoms with Gasteiger partial charge in [0.15, 0.2) is 0 Å². The molecular weight excluding hydrogens is 298 g/mol. The van der Waals surface area contributed by atoms with Crippen LogP contribution in [0.1, 0.15) is 43.2 Å². The van der Waals surface area contributed by atoms with E-state index in [1.54, 1.807) is 6.20 Å². The zero-order valence-electron chi connectivity index (χ0n) is 14.2. The summed E-state index contributed by atoms with van der Waals surface area (Å²) in [5.41, 5.74) is 3.13. The third kappa shape index (κ3) is 4.34. The molecule has 2 amide bonds. The van der Waals surface area contributed by atoms with Crippen LogP contribution in [0.5, 0.6) is 0 Å². The topological polar surface area (TPSA) is 45.2 Å². The molecule has 0 atom stereocenters. The molecule has 1 aromatic heterocycles. The Hall–Kier alpha value is -2.36. The number of amides is 2. The minimum absolute atomic E-state index is 0.0189. The highest BCUT2D eigenvalue weighted by Gasteiger charge is 2.21. The molecular formula is C20H25N3O. The average molecular weight is 323 g/mol. The van der Waals surface area contributed by atoms with Crippen LogP contribution in [0, 0.1) is 6.92 Å². The van der Waals surface area contributed by atoms with Crippen LogP contribution in [0.2, 0.25) is 0 Å². The number of benzene rings is 1. The van der Waals surface area contributed by atoms with E-state index in [1.165, 1.54) is 24.8 Å². The van der Waals surface area contributed by atoms with Crippen molar-refractivity contribution in [1.29, 1.82) is 0 Å². The van der Waals surface area contributed by atoms with Crippen molar-refractivity contribution < 1.29 is 4.79 Å². The largest absolute Gasteiger partial charge is 0.335 e. The first kappa shape index (κ1) is 16.5. The summed E-state index contributed by atoms with van der Waals surface area (Å²) >= 11 is 0. The number of urea groups is 1. The first-order valence-corrected chi connectivity index (χ1v) is 8.76. The molecule has 1 fully saturated rings. The first-order valence-electron chi connectivity index (χ1n) is 8.76. The number of carbonyl (C=O) groups is 1. The molecule has 1 aromatic carbocycles. The van der Waals surface area contributed by atoms with Crippen molar-refractivity contribution in [1.82, 2.24) is 10.3 Å². The first-order chi connectivity index (χ1) is 11.7. The lowest BCUT2D eigenvalue weighted by Gasteiger charge is -2.28. The van der Waals surface area contributed by atoms with Crippen LogP contribution >= 0.6 is 0 Å². The second-order valence-electron chi connectivity index (χ2n) is 6.57.